The molecule has 0 aliphatic heterocycles. The smallest absolute Gasteiger partial charge is 0.330 e. The molecule has 206 valence electrons. The van der Waals surface area contributed by atoms with Crippen LogP contribution in [0, 0.1) is 0 Å². The van der Waals surface area contributed by atoms with Crippen LogP contribution >= 0.6 is 8.60 Å². The van der Waals surface area contributed by atoms with Gasteiger partial charge in [-0.15, -0.1) is 0 Å². The number of nitrogens with one attached hydrogen (secondary N) is 1. The molecular weight excluding hydrogens is 525 g/mol. The fourth-order valence-electron chi connectivity index (χ4n) is 4.36. The Hall–Kier alpha value is -3.82. The van der Waals surface area contributed by atoms with Crippen molar-refractivity contribution in [3.05, 3.63) is 76.8 Å². The number of carbonyl (C=O) groups excluding carboxylic acids is 1. The number of methoxy groups -OCH3 is 3. The molecule has 1 aliphatic carbocycles. The lowest BCUT2D eigenvalue weighted by Gasteiger charge is -2.16. The number of hydrogen-bond acceptors (Lipinski definition) is 9. The molecule has 0 radical (unpaired) electrons. The molecule has 2 aromatic carbocycles. The van der Waals surface area contributed by atoms with Gasteiger partial charge in [-0.25, -0.2) is 0 Å². The lowest BCUT2D eigenvalue weighted by atomic mass is 10.00. The number of carbonyl (C=O) groups is 1. The van der Waals surface area contributed by atoms with E-state index in [-0.39, 0.29) is 18.1 Å². The van der Waals surface area contributed by atoms with Gasteiger partial charge in [-0.05, 0) is 82.8 Å². The van der Waals surface area contributed by atoms with Crippen LogP contribution in [0.5, 0.6) is 23.0 Å². The van der Waals surface area contributed by atoms with Gasteiger partial charge in [-0.3, -0.25) is 9.32 Å². The highest BCUT2D eigenvalue weighted by atomic mass is 31.2. The quantitative estimate of drug-likeness (QED) is 0.211. The molecule has 0 saturated carbocycles. The minimum atomic E-state index is -2.56. The predicted octanol–water partition coefficient (Wildman–Crippen LogP) is 4.90. The number of furan rings is 1. The molecule has 0 spiro atoms. The van der Waals surface area contributed by atoms with Crippen molar-refractivity contribution in [2.45, 2.75) is 19.9 Å². The van der Waals surface area contributed by atoms with Crippen LogP contribution < -0.4 is 24.3 Å². The number of amides is 1. The standard InChI is InChI=1S/C28H30NO9P/c1-17-22(10-18-11-25(34-3)28(26(12-18)35-4)37-16-38-39(31)32)21-8-7-19(33-2)13-24(21)23(17)14-27(30)29-15-20-6-5-9-36-20/h5-13,31-32H,14-16H2,1-4H3,(H,29,30)/b22-10-. The van der Waals surface area contributed by atoms with Crippen LogP contribution in [-0.2, 0) is 15.9 Å². The van der Waals surface area contributed by atoms with Crippen LogP contribution in [0.3, 0.4) is 0 Å². The Morgan fingerprint density at radius 1 is 1.03 bits per heavy atom. The van der Waals surface area contributed by atoms with Crippen molar-refractivity contribution >= 4 is 31.7 Å². The molecule has 1 aliphatic rings. The maximum absolute atomic E-state index is 12.9. The van der Waals surface area contributed by atoms with Gasteiger partial charge >= 0.3 is 8.60 Å². The highest BCUT2D eigenvalue weighted by molar-refractivity contribution is 7.39. The zero-order chi connectivity index (χ0) is 27.9. The minimum absolute atomic E-state index is 0.128. The van der Waals surface area contributed by atoms with E-state index in [0.717, 1.165) is 33.4 Å². The van der Waals surface area contributed by atoms with E-state index >= 15 is 0 Å². The van der Waals surface area contributed by atoms with Gasteiger partial charge in [0.2, 0.25) is 11.7 Å². The maximum atomic E-state index is 12.9. The van der Waals surface area contributed by atoms with Gasteiger partial charge in [0.15, 0.2) is 18.3 Å². The highest BCUT2D eigenvalue weighted by Gasteiger charge is 2.26. The Morgan fingerprint density at radius 2 is 1.77 bits per heavy atom. The summed E-state index contributed by atoms with van der Waals surface area (Å²) in [4.78, 5) is 30.8. The largest absolute Gasteiger partial charge is 0.497 e. The first-order chi connectivity index (χ1) is 18.8. The normalized spacial score (nSPS) is 13.6. The summed E-state index contributed by atoms with van der Waals surface area (Å²) in [5, 5.41) is 2.91. The van der Waals surface area contributed by atoms with Crippen LogP contribution in [-0.4, -0.2) is 43.8 Å². The molecule has 0 unspecified atom stereocenters. The van der Waals surface area contributed by atoms with Gasteiger partial charge in [-0.2, -0.15) is 0 Å². The second-order valence-corrected chi connectivity index (χ2v) is 9.27. The monoisotopic (exact) mass is 555 g/mol. The zero-order valence-corrected chi connectivity index (χ0v) is 22.9. The molecular formula is C28H30NO9P. The fraction of sp³-hybridized carbons (Fsp3) is 0.250. The summed E-state index contributed by atoms with van der Waals surface area (Å²) in [5.41, 5.74) is 5.45. The van der Waals surface area contributed by atoms with E-state index in [1.165, 1.54) is 14.2 Å². The van der Waals surface area contributed by atoms with Crippen molar-refractivity contribution < 1.29 is 42.5 Å². The molecule has 39 heavy (non-hydrogen) atoms. The van der Waals surface area contributed by atoms with Gasteiger partial charge in [0, 0.05) is 0 Å². The van der Waals surface area contributed by atoms with E-state index in [1.807, 2.05) is 37.3 Å². The van der Waals surface area contributed by atoms with Crippen molar-refractivity contribution in [1.82, 2.24) is 5.32 Å². The third-order valence-electron chi connectivity index (χ3n) is 6.24. The Labute approximate surface area is 227 Å². The number of ether oxygens (including phenoxy) is 4. The van der Waals surface area contributed by atoms with Crippen molar-refractivity contribution in [2.24, 2.45) is 0 Å². The van der Waals surface area contributed by atoms with Crippen LogP contribution in [0.1, 0.15) is 35.8 Å². The fourth-order valence-corrected chi connectivity index (χ4v) is 4.51. The summed E-state index contributed by atoms with van der Waals surface area (Å²) in [7, 11) is 2.03. The van der Waals surface area contributed by atoms with E-state index < -0.39 is 15.4 Å². The Balaban J connectivity index is 1.68. The van der Waals surface area contributed by atoms with Crippen LogP contribution in [0.15, 0.2) is 58.7 Å². The third kappa shape index (κ3) is 6.61. The van der Waals surface area contributed by atoms with Crippen molar-refractivity contribution in [3.8, 4) is 23.0 Å². The summed E-state index contributed by atoms with van der Waals surface area (Å²) in [6.07, 6.45) is 3.74. The number of benzene rings is 2. The molecule has 3 N–H and O–H groups in total. The lowest BCUT2D eigenvalue weighted by Crippen LogP contribution is -2.22. The number of fused-ring (bicyclic) bond motifs is 1. The Morgan fingerprint density at radius 3 is 2.38 bits per heavy atom. The first kappa shape index (κ1) is 28.2. The molecule has 1 amide bonds. The Bertz CT molecular complexity index is 1350. The predicted molar refractivity (Wildman–Crippen MR) is 146 cm³/mol. The first-order valence-electron chi connectivity index (χ1n) is 11.9. The minimum Gasteiger partial charge on any atom is -0.497 e. The summed E-state index contributed by atoms with van der Waals surface area (Å²) < 4.78 is 32.0. The number of rotatable bonds is 12. The SMILES string of the molecule is COc1ccc2c(c1)C(CC(=O)NCc1ccco1)=C(C)/C2=C/c1cc(OC)c(OCOP(O)O)c(OC)c1. The van der Waals surface area contributed by atoms with Gasteiger partial charge < -0.3 is 38.5 Å². The molecule has 0 atom stereocenters. The van der Waals surface area contributed by atoms with E-state index in [2.05, 4.69) is 5.32 Å². The molecule has 10 nitrogen and oxygen atoms in total. The van der Waals surface area contributed by atoms with Gasteiger partial charge in [0.25, 0.3) is 0 Å². The van der Waals surface area contributed by atoms with Gasteiger partial charge in [-0.1, -0.05) is 6.07 Å². The average molecular weight is 556 g/mol. The average Bonchev–Trinajstić information content (AvgIpc) is 3.54. The molecule has 0 fully saturated rings. The lowest BCUT2D eigenvalue weighted by molar-refractivity contribution is -0.120. The first-order valence-corrected chi connectivity index (χ1v) is 13.1. The topological polar surface area (TPSA) is 129 Å². The maximum Gasteiger partial charge on any atom is 0.330 e. The van der Waals surface area contributed by atoms with Crippen molar-refractivity contribution in [3.63, 3.8) is 0 Å². The molecule has 0 bridgehead atoms. The summed E-state index contributed by atoms with van der Waals surface area (Å²) in [6.45, 7) is 1.90. The van der Waals surface area contributed by atoms with Crippen LogP contribution in [0.2, 0.25) is 0 Å². The summed E-state index contributed by atoms with van der Waals surface area (Å²) in [6, 6.07) is 12.9. The van der Waals surface area contributed by atoms with Crippen LogP contribution in [0.25, 0.3) is 17.2 Å². The summed E-state index contributed by atoms with van der Waals surface area (Å²) in [5.74, 6) is 2.25. The summed E-state index contributed by atoms with van der Waals surface area (Å²) >= 11 is 0. The molecule has 3 aromatic rings. The second kappa shape index (κ2) is 12.8. The zero-order valence-electron chi connectivity index (χ0n) is 22.0. The van der Waals surface area contributed by atoms with E-state index in [9.17, 15) is 4.79 Å². The van der Waals surface area contributed by atoms with Crippen LogP contribution in [0.4, 0.5) is 0 Å². The molecule has 1 heterocycles. The van der Waals surface area contributed by atoms with E-state index in [1.54, 1.807) is 31.6 Å². The van der Waals surface area contributed by atoms with Gasteiger partial charge in [0.1, 0.15) is 11.5 Å². The highest BCUT2D eigenvalue weighted by Crippen LogP contribution is 2.46. The van der Waals surface area contributed by atoms with Gasteiger partial charge in [0.05, 0.1) is 40.6 Å². The number of allylic oxidation sites excluding steroid dienone is 2. The molecule has 0 saturated heterocycles. The molecule has 11 heteroatoms. The third-order valence-corrected chi connectivity index (χ3v) is 6.58. The van der Waals surface area contributed by atoms with Crippen molar-refractivity contribution in [2.75, 3.05) is 28.1 Å². The van der Waals surface area contributed by atoms with E-state index in [0.29, 0.717) is 29.6 Å². The van der Waals surface area contributed by atoms with E-state index in [4.69, 9.17) is 37.7 Å². The Kier molecular flexibility index (Phi) is 9.27. The van der Waals surface area contributed by atoms with Crippen molar-refractivity contribution in [1.29, 1.82) is 0 Å². The molecule has 4 rings (SSSR count). The molecule has 1 aromatic heterocycles. The number of hydrogen-bond donors (Lipinski definition) is 3. The second-order valence-electron chi connectivity index (χ2n) is 8.50.